The zero-order chi connectivity index (χ0) is 11.2. The molecule has 2 aliphatic rings. The molecule has 2 saturated carbocycles. The number of halogens is 4. The van der Waals surface area contributed by atoms with Gasteiger partial charge >= 0.3 is 50.5 Å². The molecule has 2 aliphatic carbocycles. The normalized spacial score (nSPS) is 19.4. The fourth-order valence-electron chi connectivity index (χ4n) is 1.66. The van der Waals surface area contributed by atoms with Gasteiger partial charge in [-0.3, -0.25) is 0 Å². The van der Waals surface area contributed by atoms with Crippen molar-refractivity contribution in [3.05, 3.63) is 0 Å². The van der Waals surface area contributed by atoms with Crippen molar-refractivity contribution in [2.75, 3.05) is 0 Å². The molecular formula is C12H25I4-. The van der Waals surface area contributed by atoms with Crippen LogP contribution in [0.2, 0.25) is 0 Å². The van der Waals surface area contributed by atoms with E-state index in [9.17, 15) is 0 Å². The van der Waals surface area contributed by atoms with E-state index >= 15 is 0 Å². The summed E-state index contributed by atoms with van der Waals surface area (Å²) >= 11 is 5.30. The van der Waals surface area contributed by atoms with E-state index < -0.39 is 0 Å². The first-order valence-electron chi connectivity index (χ1n) is 6.29. The van der Waals surface area contributed by atoms with E-state index in [-0.39, 0.29) is 24.0 Å². The van der Waals surface area contributed by atoms with Crippen LogP contribution in [-0.2, 0) is 0 Å². The zero-order valence-electron chi connectivity index (χ0n) is 10.0. The van der Waals surface area contributed by atoms with Crippen LogP contribution < -0.4 is 13.3 Å². The van der Waals surface area contributed by atoms with Gasteiger partial charge < -0.3 is 0 Å². The van der Waals surface area contributed by atoms with Gasteiger partial charge in [-0.15, -0.1) is 24.0 Å². The molecular weight excluding hydrogens is 652 g/mol. The van der Waals surface area contributed by atoms with E-state index in [2.05, 4.69) is 37.2 Å². The molecule has 0 unspecified atom stereocenters. The molecule has 0 spiro atoms. The Morgan fingerprint density at radius 2 is 0.500 bits per heavy atom. The second kappa shape index (κ2) is 20.2. The molecule has 0 aromatic heterocycles. The Morgan fingerprint density at radius 1 is 0.438 bits per heavy atom. The van der Waals surface area contributed by atoms with Crippen molar-refractivity contribution < 1.29 is 13.3 Å². The number of rotatable bonds is 0. The van der Waals surface area contributed by atoms with Crippen LogP contribution in [0.4, 0.5) is 0 Å². The van der Waals surface area contributed by atoms with Gasteiger partial charge in [-0.25, -0.2) is 0 Å². The Hall–Kier alpha value is 2.92. The molecule has 2 fully saturated rings. The first kappa shape index (κ1) is 21.2. The summed E-state index contributed by atoms with van der Waals surface area (Å²) < 4.78 is 0. The van der Waals surface area contributed by atoms with Crippen LogP contribution in [-0.4, -0.2) is 0 Å². The van der Waals surface area contributed by atoms with Gasteiger partial charge in [0.2, 0.25) is 0 Å². The second-order valence-corrected chi connectivity index (χ2v) is 20.5. The van der Waals surface area contributed by atoms with E-state index in [0.717, 1.165) is 0 Å². The molecule has 4 heteroatoms. The molecule has 0 radical (unpaired) electrons. The predicted octanol–water partition coefficient (Wildman–Crippen LogP) is 4.07. The minimum absolute atomic E-state index is 0. The Morgan fingerprint density at radius 3 is 0.562 bits per heavy atom. The Labute approximate surface area is 149 Å². The van der Waals surface area contributed by atoms with Crippen LogP contribution >= 0.6 is 61.2 Å². The first-order chi connectivity index (χ1) is 7.41. The summed E-state index contributed by atoms with van der Waals surface area (Å²) in [6, 6.07) is 0. The Kier molecular flexibility index (Phi) is 26.8. The predicted molar refractivity (Wildman–Crippen MR) is 98.9 cm³/mol. The van der Waals surface area contributed by atoms with Crippen LogP contribution in [0.5, 0.6) is 0 Å². The third kappa shape index (κ3) is 19.3. The van der Waals surface area contributed by atoms with E-state index in [0.29, 0.717) is 13.3 Å². The van der Waals surface area contributed by atoms with E-state index in [4.69, 9.17) is 0 Å². The maximum atomic E-state index is 2.39. The van der Waals surface area contributed by atoms with Gasteiger partial charge in [0, 0.05) is 0 Å². The monoisotopic (exact) mass is 677 g/mol. The van der Waals surface area contributed by atoms with Crippen LogP contribution in [0.25, 0.3) is 0 Å². The standard InChI is InChI=1S/C8H16.C4H8.I3.HI/c1-2-4-6-8-7-5-3-1;1-2-4-3-1;1-3-2;/h1-8H2;1-4H2;;1H/q;;-1;. The van der Waals surface area contributed by atoms with Crippen molar-refractivity contribution in [2.45, 2.75) is 77.0 Å². The van der Waals surface area contributed by atoms with Gasteiger partial charge in [0.05, 0.1) is 0 Å². The molecule has 0 N–H and O–H groups in total. The van der Waals surface area contributed by atoms with Crippen molar-refractivity contribution in [3.63, 3.8) is 0 Å². The Bertz CT molecular complexity index is 77.2. The van der Waals surface area contributed by atoms with Crippen LogP contribution in [0.3, 0.4) is 0 Å². The van der Waals surface area contributed by atoms with Crippen molar-refractivity contribution in [1.29, 1.82) is 0 Å². The third-order valence-electron chi connectivity index (χ3n) is 3.00. The fraction of sp³-hybridized carbons (Fsp3) is 1.00. The molecule has 2 rings (SSSR count). The Balaban J connectivity index is 0. The maximum absolute atomic E-state index is 2.39. The van der Waals surface area contributed by atoms with Gasteiger partial charge in [-0.05, 0) is 0 Å². The number of hydrogen-bond acceptors (Lipinski definition) is 0. The molecule has 0 atom stereocenters. The summed E-state index contributed by atoms with van der Waals surface area (Å²) in [6.45, 7) is 0. The molecule has 0 aliphatic heterocycles. The minimum atomic E-state index is 0. The third-order valence-corrected chi connectivity index (χ3v) is 3.00. The van der Waals surface area contributed by atoms with E-state index in [1.54, 1.807) is 0 Å². The SMILES string of the molecule is C1CCC1.C1CCCCCCC1.I.I[I-]I. The van der Waals surface area contributed by atoms with Crippen molar-refractivity contribution in [1.82, 2.24) is 0 Å². The zero-order valence-corrected chi connectivity index (χ0v) is 18.8. The summed E-state index contributed by atoms with van der Waals surface area (Å²) in [6.07, 6.45) is 18.0. The fourth-order valence-corrected chi connectivity index (χ4v) is 1.66. The molecule has 0 aromatic rings. The van der Waals surface area contributed by atoms with Crippen molar-refractivity contribution in [3.8, 4) is 0 Å². The molecule has 0 saturated heterocycles. The van der Waals surface area contributed by atoms with Gasteiger partial charge in [0.1, 0.15) is 0 Å². The van der Waals surface area contributed by atoms with Crippen LogP contribution in [0.1, 0.15) is 77.0 Å². The van der Waals surface area contributed by atoms with Crippen molar-refractivity contribution in [2.24, 2.45) is 0 Å². The molecule has 0 bridgehead atoms. The summed E-state index contributed by atoms with van der Waals surface area (Å²) in [5.74, 6) is 0. The summed E-state index contributed by atoms with van der Waals surface area (Å²) in [7, 11) is 0. The van der Waals surface area contributed by atoms with E-state index in [1.807, 2.05) is 0 Å². The van der Waals surface area contributed by atoms with Gasteiger partial charge in [-0.2, -0.15) is 0 Å². The van der Waals surface area contributed by atoms with Crippen LogP contribution in [0, 0.1) is 0 Å². The molecule has 0 heterocycles. The van der Waals surface area contributed by atoms with E-state index in [1.165, 1.54) is 77.0 Å². The van der Waals surface area contributed by atoms with Gasteiger partial charge in [0.25, 0.3) is 0 Å². The van der Waals surface area contributed by atoms with Gasteiger partial charge in [-0.1, -0.05) is 77.0 Å². The summed E-state index contributed by atoms with van der Waals surface area (Å²) in [5, 5.41) is 0. The summed E-state index contributed by atoms with van der Waals surface area (Å²) in [5.41, 5.74) is 0. The average Bonchev–Trinajstić information content (AvgIpc) is 1.99. The molecule has 16 heavy (non-hydrogen) atoms. The first-order valence-corrected chi connectivity index (χ1v) is 18.9. The molecule has 0 amide bonds. The quantitative estimate of drug-likeness (QED) is 0.340. The number of hydrogen-bond donors (Lipinski definition) is 0. The van der Waals surface area contributed by atoms with Crippen LogP contribution in [0.15, 0.2) is 0 Å². The molecule has 0 aromatic carbocycles. The molecule has 0 nitrogen and oxygen atoms in total. The summed E-state index contributed by atoms with van der Waals surface area (Å²) in [4.78, 5) is 0. The second-order valence-electron chi connectivity index (χ2n) is 4.30. The average molecular weight is 677 g/mol. The topological polar surface area (TPSA) is 0 Å². The molecule has 102 valence electrons. The van der Waals surface area contributed by atoms with Crippen molar-refractivity contribution >= 4 is 61.2 Å². The van der Waals surface area contributed by atoms with Gasteiger partial charge in [0.15, 0.2) is 0 Å².